The highest BCUT2D eigenvalue weighted by molar-refractivity contribution is 5.86. The number of nitrogens with zero attached hydrogens (tertiary/aromatic N) is 2. The molecule has 0 unspecified atom stereocenters. The number of piperazine rings is 1. The van der Waals surface area contributed by atoms with Gasteiger partial charge in [-0.1, -0.05) is 42.5 Å². The Bertz CT molecular complexity index is 986. The first-order valence-electron chi connectivity index (χ1n) is 12.1. The van der Waals surface area contributed by atoms with Crippen molar-refractivity contribution in [2.45, 2.75) is 44.9 Å². The number of rotatable bonds is 3. The van der Waals surface area contributed by atoms with Crippen LogP contribution in [0.3, 0.4) is 0 Å². The third-order valence-electron chi connectivity index (χ3n) is 8.58. The van der Waals surface area contributed by atoms with Gasteiger partial charge in [0, 0.05) is 26.2 Å². The van der Waals surface area contributed by atoms with Crippen LogP contribution in [0.2, 0.25) is 0 Å². The van der Waals surface area contributed by atoms with E-state index in [4.69, 9.17) is 0 Å². The number of fused-ring (bicyclic) bond motifs is 1. The predicted octanol–water partition coefficient (Wildman–Crippen LogP) is 4.27. The second kappa shape index (κ2) is 7.36. The minimum Gasteiger partial charge on any atom is -0.339 e. The zero-order valence-corrected chi connectivity index (χ0v) is 18.3. The summed E-state index contributed by atoms with van der Waals surface area (Å²) in [5.41, 5.74) is 1.00. The lowest BCUT2D eigenvalue weighted by molar-refractivity contribution is -0.160. The van der Waals surface area contributed by atoms with E-state index in [-0.39, 0.29) is 11.3 Å². The van der Waals surface area contributed by atoms with Crippen molar-refractivity contribution >= 4 is 22.6 Å². The molecule has 4 bridgehead atoms. The maximum absolute atomic E-state index is 13.6. The molecule has 1 heterocycles. The van der Waals surface area contributed by atoms with Gasteiger partial charge >= 0.3 is 0 Å². The van der Waals surface area contributed by atoms with Gasteiger partial charge in [0.2, 0.25) is 11.8 Å². The third kappa shape index (κ3) is 3.44. The summed E-state index contributed by atoms with van der Waals surface area (Å²) in [6, 6.07) is 14.6. The minimum absolute atomic E-state index is 0.0635. The SMILES string of the molecule is O=C(Cc1ccc2ccccc2c1)N1CCN(C(=O)C23CC4CC(CC(C4)C2)C3)CC1. The standard InChI is InChI=1S/C27H32N2O2/c30-25(15-19-5-6-23-3-1-2-4-24(23)14-19)28-7-9-29(10-8-28)26(31)27-16-20-11-21(17-27)13-22(12-20)18-27/h1-6,14,20-22H,7-13,15-18H2. The van der Waals surface area contributed by atoms with Gasteiger partial charge in [-0.15, -0.1) is 0 Å². The van der Waals surface area contributed by atoms with E-state index < -0.39 is 0 Å². The zero-order chi connectivity index (χ0) is 21.0. The van der Waals surface area contributed by atoms with Crippen molar-refractivity contribution in [1.82, 2.24) is 9.80 Å². The van der Waals surface area contributed by atoms with Gasteiger partial charge in [-0.3, -0.25) is 9.59 Å². The van der Waals surface area contributed by atoms with Crippen LogP contribution in [-0.4, -0.2) is 47.8 Å². The fourth-order valence-corrected chi connectivity index (χ4v) is 7.50. The average molecular weight is 417 g/mol. The van der Waals surface area contributed by atoms with Crippen LogP contribution in [0.1, 0.15) is 44.1 Å². The van der Waals surface area contributed by atoms with Crippen LogP contribution in [0, 0.1) is 23.2 Å². The van der Waals surface area contributed by atoms with Crippen molar-refractivity contribution in [2.75, 3.05) is 26.2 Å². The molecule has 4 nitrogen and oxygen atoms in total. The molecule has 4 aliphatic carbocycles. The van der Waals surface area contributed by atoms with Crippen molar-refractivity contribution in [3.05, 3.63) is 48.0 Å². The van der Waals surface area contributed by atoms with Gasteiger partial charge in [-0.2, -0.15) is 0 Å². The van der Waals surface area contributed by atoms with E-state index in [0.29, 0.717) is 38.5 Å². The van der Waals surface area contributed by atoms with Gasteiger partial charge in [0.1, 0.15) is 0 Å². The number of carbonyl (C=O) groups excluding carboxylic acids is 2. The molecule has 31 heavy (non-hydrogen) atoms. The molecular weight excluding hydrogens is 384 g/mol. The molecule has 2 aromatic carbocycles. The summed E-state index contributed by atoms with van der Waals surface area (Å²) in [6.45, 7) is 2.74. The quantitative estimate of drug-likeness (QED) is 0.750. The smallest absolute Gasteiger partial charge is 0.228 e. The monoisotopic (exact) mass is 416 g/mol. The summed E-state index contributed by atoms with van der Waals surface area (Å²) < 4.78 is 0. The molecule has 7 rings (SSSR count). The third-order valence-corrected chi connectivity index (χ3v) is 8.58. The number of carbonyl (C=O) groups is 2. The zero-order valence-electron chi connectivity index (χ0n) is 18.3. The van der Waals surface area contributed by atoms with Gasteiger partial charge in [0.25, 0.3) is 0 Å². The molecule has 2 aromatic rings. The van der Waals surface area contributed by atoms with Gasteiger partial charge in [0.05, 0.1) is 11.8 Å². The molecule has 4 saturated carbocycles. The lowest BCUT2D eigenvalue weighted by atomic mass is 9.49. The summed E-state index contributed by atoms with van der Waals surface area (Å²) in [7, 11) is 0. The molecule has 1 saturated heterocycles. The fraction of sp³-hybridized carbons (Fsp3) is 0.556. The Kier molecular flexibility index (Phi) is 4.59. The van der Waals surface area contributed by atoms with Crippen LogP contribution < -0.4 is 0 Å². The van der Waals surface area contributed by atoms with Crippen LogP contribution >= 0.6 is 0 Å². The van der Waals surface area contributed by atoms with Crippen LogP contribution in [0.25, 0.3) is 10.8 Å². The van der Waals surface area contributed by atoms with E-state index in [2.05, 4.69) is 35.2 Å². The molecule has 2 amide bonds. The summed E-state index contributed by atoms with van der Waals surface area (Å²) in [5.74, 6) is 2.96. The van der Waals surface area contributed by atoms with E-state index in [1.807, 2.05) is 17.0 Å². The minimum atomic E-state index is -0.0635. The second-order valence-electron chi connectivity index (χ2n) is 10.7. The molecule has 0 N–H and O–H groups in total. The Balaban J connectivity index is 1.08. The van der Waals surface area contributed by atoms with Gasteiger partial charge in [0.15, 0.2) is 0 Å². The van der Waals surface area contributed by atoms with Crippen LogP contribution in [0.15, 0.2) is 42.5 Å². The summed E-state index contributed by atoms with van der Waals surface area (Å²) in [6.07, 6.45) is 7.90. The largest absolute Gasteiger partial charge is 0.339 e. The molecule has 5 fully saturated rings. The Morgan fingerprint density at radius 2 is 1.35 bits per heavy atom. The van der Waals surface area contributed by atoms with Crippen molar-refractivity contribution in [3.8, 4) is 0 Å². The fourth-order valence-electron chi connectivity index (χ4n) is 7.50. The van der Waals surface area contributed by atoms with Gasteiger partial charge in [-0.25, -0.2) is 0 Å². The van der Waals surface area contributed by atoms with Gasteiger partial charge in [-0.05, 0) is 72.6 Å². The van der Waals surface area contributed by atoms with E-state index in [0.717, 1.165) is 42.6 Å². The maximum atomic E-state index is 13.6. The highest BCUT2D eigenvalue weighted by Gasteiger charge is 2.55. The average Bonchev–Trinajstić information content (AvgIpc) is 2.78. The van der Waals surface area contributed by atoms with Crippen LogP contribution in [0.5, 0.6) is 0 Å². The normalized spacial score (nSPS) is 31.9. The Labute approximate surface area is 184 Å². The molecule has 162 valence electrons. The first kappa shape index (κ1) is 19.3. The predicted molar refractivity (Wildman–Crippen MR) is 121 cm³/mol. The maximum Gasteiger partial charge on any atom is 0.228 e. The molecule has 0 radical (unpaired) electrons. The van der Waals surface area contributed by atoms with E-state index in [9.17, 15) is 9.59 Å². The number of amides is 2. The van der Waals surface area contributed by atoms with Gasteiger partial charge < -0.3 is 9.80 Å². The molecule has 1 aliphatic heterocycles. The number of benzene rings is 2. The highest BCUT2D eigenvalue weighted by Crippen LogP contribution is 2.60. The van der Waals surface area contributed by atoms with Crippen LogP contribution in [0.4, 0.5) is 0 Å². The van der Waals surface area contributed by atoms with E-state index >= 15 is 0 Å². The number of hydrogen-bond donors (Lipinski definition) is 0. The molecular formula is C27H32N2O2. The van der Waals surface area contributed by atoms with E-state index in [1.54, 1.807) is 0 Å². The molecule has 0 aromatic heterocycles. The van der Waals surface area contributed by atoms with Crippen molar-refractivity contribution in [3.63, 3.8) is 0 Å². The summed E-state index contributed by atoms with van der Waals surface area (Å²) in [5, 5.41) is 2.38. The highest BCUT2D eigenvalue weighted by atomic mass is 16.2. The molecule has 0 atom stereocenters. The molecule has 0 spiro atoms. The first-order valence-corrected chi connectivity index (χ1v) is 12.1. The number of hydrogen-bond acceptors (Lipinski definition) is 2. The first-order chi connectivity index (χ1) is 15.1. The lowest BCUT2D eigenvalue weighted by Gasteiger charge is -2.57. The second-order valence-corrected chi connectivity index (χ2v) is 10.7. The summed E-state index contributed by atoms with van der Waals surface area (Å²) in [4.78, 5) is 30.5. The van der Waals surface area contributed by atoms with Crippen molar-refractivity contribution in [2.24, 2.45) is 23.2 Å². The topological polar surface area (TPSA) is 40.6 Å². The van der Waals surface area contributed by atoms with E-state index in [1.165, 1.54) is 30.0 Å². The summed E-state index contributed by atoms with van der Waals surface area (Å²) >= 11 is 0. The Hall–Kier alpha value is -2.36. The Morgan fingerprint density at radius 3 is 2.00 bits per heavy atom. The molecule has 5 aliphatic rings. The van der Waals surface area contributed by atoms with Crippen LogP contribution in [-0.2, 0) is 16.0 Å². The Morgan fingerprint density at radius 1 is 0.774 bits per heavy atom. The lowest BCUT2D eigenvalue weighted by Crippen LogP contribution is -2.58. The molecule has 4 heteroatoms. The van der Waals surface area contributed by atoms with Crippen molar-refractivity contribution < 1.29 is 9.59 Å². The van der Waals surface area contributed by atoms with Crippen molar-refractivity contribution in [1.29, 1.82) is 0 Å².